The number of fused-ring (bicyclic) bond motifs is 5. The molecule has 0 fully saturated rings. The summed E-state index contributed by atoms with van der Waals surface area (Å²) < 4.78 is 0. The molecule has 1 aliphatic heterocycles. The number of para-hydroxylation sites is 4. The average Bonchev–Trinajstić information content (AvgIpc) is 3.26. The standard InChI is InChI=1S/C30H20N2S/c1-2-11-25-23(8-1)24-10-7-9-22(30(24)31-25)20-16-18-21(19-17-20)32-26-12-3-5-14-28(26)33-29-15-6-4-13-27(29)32/h1-19,31H. The summed E-state index contributed by atoms with van der Waals surface area (Å²) in [6.45, 7) is 0. The number of nitrogens with zero attached hydrogens (tertiary/aromatic N) is 1. The number of benzene rings is 5. The first-order valence-electron chi connectivity index (χ1n) is 11.1. The smallest absolute Gasteiger partial charge is 0.0601 e. The van der Waals surface area contributed by atoms with Gasteiger partial charge in [0.15, 0.2) is 0 Å². The van der Waals surface area contributed by atoms with Gasteiger partial charge in [0.2, 0.25) is 0 Å². The predicted octanol–water partition coefficient (Wildman–Crippen LogP) is 8.92. The van der Waals surface area contributed by atoms with E-state index in [0.29, 0.717) is 0 Å². The van der Waals surface area contributed by atoms with Crippen molar-refractivity contribution in [1.29, 1.82) is 0 Å². The Labute approximate surface area is 196 Å². The molecule has 0 bridgehead atoms. The fraction of sp³-hybridized carbons (Fsp3) is 0. The first-order chi connectivity index (χ1) is 16.4. The van der Waals surface area contributed by atoms with E-state index in [1.807, 2.05) is 11.8 Å². The molecule has 33 heavy (non-hydrogen) atoms. The lowest BCUT2D eigenvalue weighted by Crippen LogP contribution is -2.14. The third kappa shape index (κ3) is 2.90. The molecule has 7 rings (SSSR count). The van der Waals surface area contributed by atoms with Crippen LogP contribution in [0, 0.1) is 0 Å². The van der Waals surface area contributed by atoms with Crippen molar-refractivity contribution in [3.8, 4) is 11.1 Å². The highest BCUT2D eigenvalue weighted by molar-refractivity contribution is 7.99. The third-order valence-electron chi connectivity index (χ3n) is 6.41. The van der Waals surface area contributed by atoms with Gasteiger partial charge in [0.05, 0.1) is 16.9 Å². The van der Waals surface area contributed by atoms with Crippen molar-refractivity contribution in [3.63, 3.8) is 0 Å². The summed E-state index contributed by atoms with van der Waals surface area (Å²) in [5.41, 5.74) is 8.43. The highest BCUT2D eigenvalue weighted by atomic mass is 32.2. The maximum Gasteiger partial charge on any atom is 0.0601 e. The van der Waals surface area contributed by atoms with Gasteiger partial charge in [-0.15, -0.1) is 0 Å². The molecular weight excluding hydrogens is 420 g/mol. The first-order valence-corrected chi connectivity index (χ1v) is 11.9. The Morgan fingerprint density at radius 2 is 1.18 bits per heavy atom. The van der Waals surface area contributed by atoms with Crippen LogP contribution in [0.4, 0.5) is 17.1 Å². The first kappa shape index (κ1) is 18.6. The lowest BCUT2D eigenvalue weighted by atomic mass is 10.0. The minimum absolute atomic E-state index is 1.17. The molecule has 2 nitrogen and oxygen atoms in total. The number of anilines is 3. The van der Waals surface area contributed by atoms with E-state index in [4.69, 9.17) is 0 Å². The second-order valence-electron chi connectivity index (χ2n) is 8.32. The lowest BCUT2D eigenvalue weighted by Gasteiger charge is -2.32. The maximum absolute atomic E-state index is 3.64. The number of aromatic nitrogens is 1. The Balaban J connectivity index is 1.36. The van der Waals surface area contributed by atoms with E-state index in [-0.39, 0.29) is 0 Å². The third-order valence-corrected chi connectivity index (χ3v) is 7.54. The molecule has 0 unspecified atom stereocenters. The molecule has 2 heterocycles. The summed E-state index contributed by atoms with van der Waals surface area (Å²) in [4.78, 5) is 8.57. The van der Waals surface area contributed by atoms with Gasteiger partial charge >= 0.3 is 0 Å². The summed E-state index contributed by atoms with van der Waals surface area (Å²) in [7, 11) is 0. The van der Waals surface area contributed by atoms with Crippen LogP contribution in [0.3, 0.4) is 0 Å². The van der Waals surface area contributed by atoms with Crippen molar-refractivity contribution in [3.05, 3.63) is 115 Å². The van der Waals surface area contributed by atoms with Gasteiger partial charge in [-0.2, -0.15) is 0 Å². The summed E-state index contributed by atoms with van der Waals surface area (Å²) in [5.74, 6) is 0. The molecular formula is C30H20N2S. The van der Waals surface area contributed by atoms with Gasteiger partial charge in [-0.3, -0.25) is 0 Å². The second kappa shape index (κ2) is 7.29. The molecule has 0 spiro atoms. The van der Waals surface area contributed by atoms with Crippen LogP contribution in [0.5, 0.6) is 0 Å². The molecule has 1 aromatic heterocycles. The molecule has 0 saturated carbocycles. The van der Waals surface area contributed by atoms with E-state index >= 15 is 0 Å². The van der Waals surface area contributed by atoms with Crippen LogP contribution in [0.25, 0.3) is 32.9 Å². The Morgan fingerprint density at radius 1 is 0.545 bits per heavy atom. The molecule has 0 amide bonds. The Kier molecular flexibility index (Phi) is 4.11. The summed E-state index contributed by atoms with van der Waals surface area (Å²) >= 11 is 1.84. The normalized spacial score (nSPS) is 12.7. The van der Waals surface area contributed by atoms with Crippen molar-refractivity contribution in [2.24, 2.45) is 0 Å². The Hall–Kier alpha value is -3.95. The number of nitrogens with one attached hydrogen (secondary N) is 1. The van der Waals surface area contributed by atoms with Gasteiger partial charge in [0.1, 0.15) is 0 Å². The largest absolute Gasteiger partial charge is 0.354 e. The quantitative estimate of drug-likeness (QED) is 0.289. The number of H-pyrrole nitrogens is 1. The van der Waals surface area contributed by atoms with Crippen molar-refractivity contribution < 1.29 is 0 Å². The van der Waals surface area contributed by atoms with E-state index in [9.17, 15) is 0 Å². The van der Waals surface area contributed by atoms with Crippen LogP contribution in [-0.2, 0) is 0 Å². The van der Waals surface area contributed by atoms with Gasteiger partial charge in [-0.05, 0) is 48.0 Å². The molecule has 156 valence electrons. The van der Waals surface area contributed by atoms with Crippen molar-refractivity contribution in [1.82, 2.24) is 4.98 Å². The molecule has 3 heteroatoms. The second-order valence-corrected chi connectivity index (χ2v) is 9.40. The van der Waals surface area contributed by atoms with Crippen molar-refractivity contribution in [2.75, 3.05) is 4.90 Å². The summed E-state index contributed by atoms with van der Waals surface area (Å²) in [6.07, 6.45) is 0. The minimum Gasteiger partial charge on any atom is -0.354 e. The maximum atomic E-state index is 3.64. The van der Waals surface area contributed by atoms with Crippen LogP contribution in [0.15, 0.2) is 125 Å². The van der Waals surface area contributed by atoms with Gasteiger partial charge in [0, 0.05) is 37.3 Å². The van der Waals surface area contributed by atoms with Gasteiger partial charge in [-0.1, -0.05) is 84.6 Å². The van der Waals surface area contributed by atoms with Crippen LogP contribution in [-0.4, -0.2) is 4.98 Å². The Bertz CT molecular complexity index is 1600. The highest BCUT2D eigenvalue weighted by Crippen LogP contribution is 2.51. The van der Waals surface area contributed by atoms with Gasteiger partial charge in [0.25, 0.3) is 0 Å². The summed E-state index contributed by atoms with van der Waals surface area (Å²) in [5, 5.41) is 2.54. The lowest BCUT2D eigenvalue weighted by molar-refractivity contribution is 1.17. The topological polar surface area (TPSA) is 19.0 Å². The van der Waals surface area contributed by atoms with E-state index in [0.717, 1.165) is 0 Å². The van der Waals surface area contributed by atoms with Gasteiger partial charge in [-0.25, -0.2) is 0 Å². The molecule has 6 aromatic rings. The van der Waals surface area contributed by atoms with E-state index in [1.54, 1.807) is 0 Å². The van der Waals surface area contributed by atoms with Crippen LogP contribution in [0.2, 0.25) is 0 Å². The zero-order chi connectivity index (χ0) is 21.8. The molecule has 1 aliphatic rings. The SMILES string of the molecule is c1ccc2c(c1)Sc1ccccc1N2c1ccc(-c2cccc3c2[nH]c2ccccc23)cc1. The zero-order valence-electron chi connectivity index (χ0n) is 17.8. The number of hydrogen-bond donors (Lipinski definition) is 1. The fourth-order valence-corrected chi connectivity index (χ4v) is 5.94. The molecule has 0 aliphatic carbocycles. The van der Waals surface area contributed by atoms with Crippen molar-refractivity contribution >= 4 is 50.6 Å². The number of aromatic amines is 1. The van der Waals surface area contributed by atoms with Crippen LogP contribution < -0.4 is 4.90 Å². The average molecular weight is 441 g/mol. The fourth-order valence-electron chi connectivity index (χ4n) is 4.89. The van der Waals surface area contributed by atoms with E-state index < -0.39 is 0 Å². The predicted molar refractivity (Wildman–Crippen MR) is 140 cm³/mol. The molecule has 0 atom stereocenters. The van der Waals surface area contributed by atoms with E-state index in [1.165, 1.54) is 59.8 Å². The monoisotopic (exact) mass is 440 g/mol. The minimum atomic E-state index is 1.17. The van der Waals surface area contributed by atoms with Crippen LogP contribution in [0.1, 0.15) is 0 Å². The molecule has 0 radical (unpaired) electrons. The van der Waals surface area contributed by atoms with E-state index in [2.05, 4.69) is 125 Å². The molecule has 5 aromatic carbocycles. The Morgan fingerprint density at radius 3 is 1.94 bits per heavy atom. The number of rotatable bonds is 2. The number of hydrogen-bond acceptors (Lipinski definition) is 2. The summed E-state index contributed by atoms with van der Waals surface area (Å²) in [6, 6.07) is 41.3. The molecule has 0 saturated heterocycles. The highest BCUT2D eigenvalue weighted by Gasteiger charge is 2.24. The zero-order valence-corrected chi connectivity index (χ0v) is 18.6. The van der Waals surface area contributed by atoms with Crippen molar-refractivity contribution in [2.45, 2.75) is 9.79 Å². The van der Waals surface area contributed by atoms with Gasteiger partial charge < -0.3 is 9.88 Å². The van der Waals surface area contributed by atoms with Crippen LogP contribution >= 0.6 is 11.8 Å². The molecule has 1 N–H and O–H groups in total.